The number of aromatic nitrogens is 4. The average molecular weight is 359 g/mol. The van der Waals surface area contributed by atoms with Crippen LogP contribution in [0.15, 0.2) is 14.3 Å². The third-order valence-corrected chi connectivity index (χ3v) is 3.38. The zero-order chi connectivity index (χ0) is 15.9. The second-order valence-electron chi connectivity index (χ2n) is 5.54. The molecule has 0 saturated carbocycles. The van der Waals surface area contributed by atoms with E-state index in [-0.39, 0.29) is 11.2 Å². The molecule has 8 nitrogen and oxygen atoms in total. The van der Waals surface area contributed by atoms with Crippen LogP contribution in [0.1, 0.15) is 20.8 Å². The summed E-state index contributed by atoms with van der Waals surface area (Å²) < 4.78 is 7.80. The maximum Gasteiger partial charge on any atom is 0.330 e. The van der Waals surface area contributed by atoms with E-state index in [1.165, 1.54) is 4.57 Å². The first-order valence-corrected chi connectivity index (χ1v) is 6.96. The van der Waals surface area contributed by atoms with Gasteiger partial charge in [-0.3, -0.25) is 14.6 Å². The van der Waals surface area contributed by atoms with Gasteiger partial charge >= 0.3 is 11.7 Å². The molecule has 0 bridgehead atoms. The van der Waals surface area contributed by atoms with Crippen LogP contribution in [0.3, 0.4) is 0 Å². The summed E-state index contributed by atoms with van der Waals surface area (Å²) in [5.74, 6) is -0.657. The van der Waals surface area contributed by atoms with E-state index in [1.807, 2.05) is 0 Å². The SMILES string of the molecule is Cn1c(Br)nc2[nH]c(=O)n(CC(=O)OC(C)(C)C)c(=O)c21. The number of imidazole rings is 1. The molecule has 0 spiro atoms. The van der Waals surface area contributed by atoms with Crippen molar-refractivity contribution in [3.05, 3.63) is 25.6 Å². The van der Waals surface area contributed by atoms with Crippen LogP contribution in [0.2, 0.25) is 0 Å². The van der Waals surface area contributed by atoms with Crippen molar-refractivity contribution in [2.24, 2.45) is 7.05 Å². The fraction of sp³-hybridized carbons (Fsp3) is 0.500. The quantitative estimate of drug-likeness (QED) is 0.623. The van der Waals surface area contributed by atoms with Crippen LogP contribution in [0, 0.1) is 0 Å². The van der Waals surface area contributed by atoms with E-state index in [0.29, 0.717) is 4.73 Å². The Kier molecular flexibility index (Phi) is 3.79. The van der Waals surface area contributed by atoms with Gasteiger partial charge in [0.15, 0.2) is 15.9 Å². The van der Waals surface area contributed by atoms with Gasteiger partial charge in [0.1, 0.15) is 12.1 Å². The second kappa shape index (κ2) is 5.14. The number of nitrogens with one attached hydrogen (secondary N) is 1. The third-order valence-electron chi connectivity index (χ3n) is 2.67. The Hall–Kier alpha value is -1.90. The molecule has 2 heterocycles. The van der Waals surface area contributed by atoms with E-state index >= 15 is 0 Å². The Morgan fingerprint density at radius 3 is 2.57 bits per heavy atom. The van der Waals surface area contributed by atoms with Crippen molar-refractivity contribution in [3.63, 3.8) is 0 Å². The molecule has 2 rings (SSSR count). The summed E-state index contributed by atoms with van der Waals surface area (Å²) in [6, 6.07) is 0. The minimum atomic E-state index is -0.705. The van der Waals surface area contributed by atoms with Crippen molar-refractivity contribution in [2.45, 2.75) is 32.9 Å². The van der Waals surface area contributed by atoms with E-state index in [1.54, 1.807) is 27.8 Å². The minimum absolute atomic E-state index is 0.166. The molecule has 2 aromatic rings. The van der Waals surface area contributed by atoms with Crippen LogP contribution in [0.25, 0.3) is 11.2 Å². The van der Waals surface area contributed by atoms with Gasteiger partial charge in [0.2, 0.25) is 0 Å². The standard InChI is InChI=1S/C12H15BrN4O4/c1-12(2,3)21-6(18)5-17-9(19)7-8(15-11(17)20)14-10(13)16(7)4/h5H2,1-4H3,(H,15,20). The molecule has 0 fully saturated rings. The molecule has 0 aliphatic rings. The summed E-state index contributed by atoms with van der Waals surface area (Å²) in [4.78, 5) is 42.5. The molecule has 0 unspecified atom stereocenters. The van der Waals surface area contributed by atoms with Gasteiger partial charge in [0.05, 0.1) is 0 Å². The first-order valence-electron chi connectivity index (χ1n) is 6.17. The summed E-state index contributed by atoms with van der Waals surface area (Å²) in [5, 5.41) is 0. The molecule has 21 heavy (non-hydrogen) atoms. The lowest BCUT2D eigenvalue weighted by Gasteiger charge is -2.19. The van der Waals surface area contributed by atoms with Crippen LogP contribution >= 0.6 is 15.9 Å². The van der Waals surface area contributed by atoms with Crippen molar-refractivity contribution in [2.75, 3.05) is 0 Å². The fourth-order valence-electron chi connectivity index (χ4n) is 1.84. The molecule has 114 valence electrons. The highest BCUT2D eigenvalue weighted by atomic mass is 79.9. The number of carbonyl (C=O) groups is 1. The second-order valence-corrected chi connectivity index (χ2v) is 6.25. The van der Waals surface area contributed by atoms with E-state index in [9.17, 15) is 14.4 Å². The number of fused-ring (bicyclic) bond motifs is 1. The molecule has 0 aliphatic heterocycles. The number of aromatic amines is 1. The molecule has 2 aromatic heterocycles. The molecule has 9 heteroatoms. The van der Waals surface area contributed by atoms with E-state index in [4.69, 9.17) is 4.74 Å². The zero-order valence-electron chi connectivity index (χ0n) is 12.1. The fourth-order valence-corrected chi connectivity index (χ4v) is 2.19. The summed E-state index contributed by atoms with van der Waals surface area (Å²) >= 11 is 3.17. The first-order chi connectivity index (χ1) is 9.60. The van der Waals surface area contributed by atoms with Crippen LogP contribution in [-0.4, -0.2) is 30.7 Å². The predicted octanol–water partition coefficient (Wildman–Crippen LogP) is 0.527. The van der Waals surface area contributed by atoms with Gasteiger partial charge in [-0.2, -0.15) is 0 Å². The number of carbonyl (C=O) groups excluding carboxylic acids is 1. The maximum atomic E-state index is 12.3. The van der Waals surface area contributed by atoms with Crippen LogP contribution in [0.5, 0.6) is 0 Å². The maximum absolute atomic E-state index is 12.3. The smallest absolute Gasteiger partial charge is 0.330 e. The largest absolute Gasteiger partial charge is 0.459 e. The zero-order valence-corrected chi connectivity index (χ0v) is 13.6. The number of aryl methyl sites for hydroxylation is 1. The lowest BCUT2D eigenvalue weighted by Crippen LogP contribution is -2.39. The van der Waals surface area contributed by atoms with E-state index < -0.39 is 29.4 Å². The molecule has 0 aromatic carbocycles. The predicted molar refractivity (Wildman–Crippen MR) is 79.1 cm³/mol. The summed E-state index contributed by atoms with van der Waals surface area (Å²) in [5.41, 5.74) is -1.62. The lowest BCUT2D eigenvalue weighted by atomic mass is 10.2. The topological polar surface area (TPSA) is 99.0 Å². The molecular weight excluding hydrogens is 344 g/mol. The monoisotopic (exact) mass is 358 g/mol. The van der Waals surface area contributed by atoms with Gasteiger partial charge in [0, 0.05) is 7.05 Å². The summed E-state index contributed by atoms with van der Waals surface area (Å²) in [6.45, 7) is 4.67. The lowest BCUT2D eigenvalue weighted by molar-refractivity contribution is -0.155. The molecule has 0 saturated heterocycles. The van der Waals surface area contributed by atoms with Gasteiger partial charge in [-0.05, 0) is 36.7 Å². The van der Waals surface area contributed by atoms with Crippen molar-refractivity contribution in [3.8, 4) is 0 Å². The molecule has 0 atom stereocenters. The molecule has 1 N–H and O–H groups in total. The summed E-state index contributed by atoms with van der Waals surface area (Å²) in [6.07, 6.45) is 0. The number of hydrogen-bond donors (Lipinski definition) is 1. The van der Waals surface area contributed by atoms with Gasteiger partial charge in [-0.15, -0.1) is 0 Å². The molecule has 0 amide bonds. The molecule has 0 aliphatic carbocycles. The minimum Gasteiger partial charge on any atom is -0.459 e. The van der Waals surface area contributed by atoms with E-state index in [2.05, 4.69) is 25.9 Å². The number of H-pyrrole nitrogens is 1. The van der Waals surface area contributed by atoms with Gasteiger partial charge < -0.3 is 9.30 Å². The average Bonchev–Trinajstić information content (AvgIpc) is 2.58. The number of ether oxygens (including phenoxy) is 1. The highest BCUT2D eigenvalue weighted by molar-refractivity contribution is 9.10. The van der Waals surface area contributed by atoms with E-state index in [0.717, 1.165) is 4.57 Å². The Morgan fingerprint density at radius 1 is 1.38 bits per heavy atom. The van der Waals surface area contributed by atoms with Crippen LogP contribution < -0.4 is 11.2 Å². The number of nitrogens with zero attached hydrogens (tertiary/aromatic N) is 3. The van der Waals surface area contributed by atoms with Crippen LogP contribution in [-0.2, 0) is 23.1 Å². The summed E-state index contributed by atoms with van der Waals surface area (Å²) in [7, 11) is 1.62. The number of halogens is 1. The Balaban J connectivity index is 2.50. The molecular formula is C12H15BrN4O4. The highest BCUT2D eigenvalue weighted by Crippen LogP contribution is 2.12. The first kappa shape index (κ1) is 15.5. The number of rotatable bonds is 2. The number of esters is 1. The van der Waals surface area contributed by atoms with Crippen molar-refractivity contribution in [1.82, 2.24) is 19.1 Å². The van der Waals surface area contributed by atoms with Crippen molar-refractivity contribution in [1.29, 1.82) is 0 Å². The van der Waals surface area contributed by atoms with Crippen molar-refractivity contribution < 1.29 is 9.53 Å². The Bertz CT molecular complexity index is 825. The van der Waals surface area contributed by atoms with Crippen LogP contribution in [0.4, 0.5) is 0 Å². The van der Waals surface area contributed by atoms with Gasteiger partial charge in [0.25, 0.3) is 5.56 Å². The third kappa shape index (κ3) is 3.07. The normalized spacial score (nSPS) is 11.9. The number of hydrogen-bond acceptors (Lipinski definition) is 5. The highest BCUT2D eigenvalue weighted by Gasteiger charge is 2.20. The molecule has 0 radical (unpaired) electrons. The van der Waals surface area contributed by atoms with Gasteiger partial charge in [-0.1, -0.05) is 0 Å². The van der Waals surface area contributed by atoms with Gasteiger partial charge in [-0.25, -0.2) is 14.3 Å². The van der Waals surface area contributed by atoms with Crippen molar-refractivity contribution >= 4 is 33.1 Å². The Labute approximate surface area is 127 Å². The Morgan fingerprint density at radius 2 is 2.00 bits per heavy atom.